The van der Waals surface area contributed by atoms with Gasteiger partial charge in [-0.25, -0.2) is 4.79 Å². The lowest BCUT2D eigenvalue weighted by atomic mass is 9.83. The van der Waals surface area contributed by atoms with Crippen LogP contribution < -0.4 is 10.6 Å². The Bertz CT molecular complexity index is 592. The molecule has 2 N–H and O–H groups in total. The molecule has 1 saturated heterocycles. The van der Waals surface area contributed by atoms with Crippen LogP contribution >= 0.6 is 0 Å². The number of ether oxygens (including phenoxy) is 1. The molecule has 1 heterocycles. The normalized spacial score (nSPS) is 18.1. The average molecular weight is 390 g/mol. The quantitative estimate of drug-likeness (QED) is 0.733. The van der Waals surface area contributed by atoms with Crippen LogP contribution in [0.3, 0.4) is 0 Å². The van der Waals surface area contributed by atoms with E-state index < -0.39 is 5.60 Å². The highest BCUT2D eigenvalue weighted by molar-refractivity contribution is 5.68. The number of piperidine rings is 1. The first-order valence-corrected chi connectivity index (χ1v) is 10.6. The minimum atomic E-state index is -0.507. The molecular weight excluding hydrogens is 350 g/mol. The molecule has 0 aromatic heterocycles. The molecule has 1 aromatic rings. The van der Waals surface area contributed by atoms with Gasteiger partial charge in [0, 0.05) is 12.6 Å². The van der Waals surface area contributed by atoms with Crippen LogP contribution in [0, 0.1) is 11.8 Å². The molecule has 1 aliphatic heterocycles. The molecule has 5 heteroatoms. The molecule has 2 rings (SSSR count). The van der Waals surface area contributed by atoms with Crippen molar-refractivity contribution in [1.29, 1.82) is 0 Å². The monoisotopic (exact) mass is 389 g/mol. The number of carbonyl (C=O) groups is 1. The van der Waals surface area contributed by atoms with Gasteiger partial charge in [-0.2, -0.15) is 0 Å². The van der Waals surface area contributed by atoms with Gasteiger partial charge in [0.15, 0.2) is 0 Å². The minimum Gasteiger partial charge on any atom is -0.444 e. The Morgan fingerprint density at radius 2 is 1.82 bits per heavy atom. The molecule has 28 heavy (non-hydrogen) atoms. The number of nitrogens with zero attached hydrogens (tertiary/aromatic N) is 1. The van der Waals surface area contributed by atoms with E-state index in [0.29, 0.717) is 17.9 Å². The van der Waals surface area contributed by atoms with E-state index in [1.165, 1.54) is 12.8 Å². The van der Waals surface area contributed by atoms with Crippen molar-refractivity contribution in [3.63, 3.8) is 0 Å². The van der Waals surface area contributed by atoms with Crippen molar-refractivity contribution < 1.29 is 9.53 Å². The van der Waals surface area contributed by atoms with Crippen LogP contribution in [0.1, 0.15) is 59.1 Å². The van der Waals surface area contributed by atoms with Crippen molar-refractivity contribution >= 4 is 6.09 Å². The van der Waals surface area contributed by atoms with E-state index in [1.807, 2.05) is 39.0 Å². The van der Waals surface area contributed by atoms with Gasteiger partial charge in [-0.15, -0.1) is 0 Å². The Hall–Kier alpha value is -1.59. The molecule has 1 fully saturated rings. The van der Waals surface area contributed by atoms with E-state index >= 15 is 0 Å². The number of alkyl carbamates (subject to hydrolysis) is 1. The fourth-order valence-corrected chi connectivity index (χ4v) is 4.38. The second-order valence-corrected chi connectivity index (χ2v) is 9.37. The molecule has 0 aliphatic carbocycles. The number of carbonyl (C=O) groups excluding carboxylic acids is 1. The molecule has 2 atom stereocenters. The lowest BCUT2D eigenvalue weighted by Gasteiger charge is -2.41. The zero-order valence-corrected chi connectivity index (χ0v) is 18.5. The Balaban J connectivity index is 2.14. The maximum absolute atomic E-state index is 12.5. The Kier molecular flexibility index (Phi) is 8.32. The SMILES string of the molecule is CC(C)C(C1CCNCC1)N(C)C[C@H](NC(=O)OC(C)(C)C)c1ccccc1. The van der Waals surface area contributed by atoms with Crippen LogP contribution in [-0.2, 0) is 4.74 Å². The van der Waals surface area contributed by atoms with Gasteiger partial charge < -0.3 is 20.3 Å². The molecular formula is C23H39N3O2. The highest BCUT2D eigenvalue weighted by Crippen LogP contribution is 2.27. The predicted octanol–water partition coefficient (Wildman–Crippen LogP) is 4.21. The first kappa shape index (κ1) is 22.7. The summed E-state index contributed by atoms with van der Waals surface area (Å²) in [6, 6.07) is 10.6. The fourth-order valence-electron chi connectivity index (χ4n) is 4.38. The van der Waals surface area contributed by atoms with Crippen LogP contribution in [0.25, 0.3) is 0 Å². The van der Waals surface area contributed by atoms with Crippen LogP contribution in [0.15, 0.2) is 30.3 Å². The zero-order valence-electron chi connectivity index (χ0n) is 18.5. The van der Waals surface area contributed by atoms with Gasteiger partial charge in [-0.05, 0) is 71.1 Å². The van der Waals surface area contributed by atoms with Crippen molar-refractivity contribution in [2.24, 2.45) is 11.8 Å². The largest absolute Gasteiger partial charge is 0.444 e. The molecule has 158 valence electrons. The Labute approximate surface area is 171 Å². The highest BCUT2D eigenvalue weighted by atomic mass is 16.6. The molecule has 5 nitrogen and oxygen atoms in total. The van der Waals surface area contributed by atoms with Gasteiger partial charge in [-0.1, -0.05) is 44.2 Å². The van der Waals surface area contributed by atoms with Crippen molar-refractivity contribution in [3.8, 4) is 0 Å². The van der Waals surface area contributed by atoms with E-state index in [0.717, 1.165) is 25.2 Å². The van der Waals surface area contributed by atoms with E-state index in [1.54, 1.807) is 0 Å². The molecule has 1 aliphatic rings. The average Bonchev–Trinajstić information content (AvgIpc) is 2.61. The standard InChI is InChI=1S/C23H39N3O2/c1-17(2)21(19-12-14-24-15-13-19)26(6)16-20(18-10-8-7-9-11-18)25-22(27)28-23(3,4)5/h7-11,17,19-21,24H,12-16H2,1-6H3,(H,25,27)/t20-,21?/m0/s1. The summed E-state index contributed by atoms with van der Waals surface area (Å²) in [6.07, 6.45) is 2.06. The van der Waals surface area contributed by atoms with Crippen molar-refractivity contribution in [1.82, 2.24) is 15.5 Å². The maximum atomic E-state index is 12.5. The fraction of sp³-hybridized carbons (Fsp3) is 0.696. The van der Waals surface area contributed by atoms with Gasteiger partial charge in [0.05, 0.1) is 6.04 Å². The minimum absolute atomic E-state index is 0.107. The van der Waals surface area contributed by atoms with Crippen molar-refractivity contribution in [2.45, 2.75) is 65.1 Å². The highest BCUT2D eigenvalue weighted by Gasteiger charge is 2.31. The Morgan fingerprint density at radius 1 is 1.21 bits per heavy atom. The second-order valence-electron chi connectivity index (χ2n) is 9.37. The third kappa shape index (κ3) is 7.10. The molecule has 1 aromatic carbocycles. The van der Waals surface area contributed by atoms with Gasteiger partial charge in [0.25, 0.3) is 0 Å². The van der Waals surface area contributed by atoms with E-state index in [-0.39, 0.29) is 12.1 Å². The van der Waals surface area contributed by atoms with E-state index in [9.17, 15) is 4.79 Å². The molecule has 1 amide bonds. The Morgan fingerprint density at radius 3 is 2.36 bits per heavy atom. The van der Waals surface area contributed by atoms with Gasteiger partial charge >= 0.3 is 6.09 Å². The van der Waals surface area contributed by atoms with Crippen LogP contribution in [0.2, 0.25) is 0 Å². The van der Waals surface area contributed by atoms with Crippen LogP contribution in [0.5, 0.6) is 0 Å². The van der Waals surface area contributed by atoms with Crippen molar-refractivity contribution in [2.75, 3.05) is 26.7 Å². The van der Waals surface area contributed by atoms with Gasteiger partial charge in [0.2, 0.25) is 0 Å². The first-order chi connectivity index (χ1) is 13.2. The number of hydrogen-bond donors (Lipinski definition) is 2. The summed E-state index contributed by atoms with van der Waals surface area (Å²) in [6.45, 7) is 13.2. The summed E-state index contributed by atoms with van der Waals surface area (Å²) >= 11 is 0. The maximum Gasteiger partial charge on any atom is 0.408 e. The number of nitrogens with one attached hydrogen (secondary N) is 2. The van der Waals surface area contributed by atoms with Crippen LogP contribution in [-0.4, -0.2) is 49.3 Å². The lowest BCUT2D eigenvalue weighted by molar-refractivity contribution is 0.0466. The van der Waals surface area contributed by atoms with Gasteiger partial charge in [-0.3, -0.25) is 0 Å². The summed E-state index contributed by atoms with van der Waals surface area (Å²) in [7, 11) is 2.19. The number of hydrogen-bond acceptors (Lipinski definition) is 4. The van der Waals surface area contributed by atoms with E-state index in [2.05, 4.69) is 48.6 Å². The molecule has 0 radical (unpaired) electrons. The van der Waals surface area contributed by atoms with Crippen molar-refractivity contribution in [3.05, 3.63) is 35.9 Å². The third-order valence-corrected chi connectivity index (χ3v) is 5.42. The molecule has 0 saturated carbocycles. The first-order valence-electron chi connectivity index (χ1n) is 10.6. The number of likely N-dealkylation sites (N-methyl/N-ethyl adjacent to an activating group) is 1. The summed E-state index contributed by atoms with van der Waals surface area (Å²) in [5, 5.41) is 6.57. The number of amides is 1. The predicted molar refractivity (Wildman–Crippen MR) is 115 cm³/mol. The summed E-state index contributed by atoms with van der Waals surface area (Å²) in [5.41, 5.74) is 0.597. The zero-order chi connectivity index (χ0) is 20.7. The summed E-state index contributed by atoms with van der Waals surface area (Å²) < 4.78 is 5.52. The van der Waals surface area contributed by atoms with Crippen LogP contribution in [0.4, 0.5) is 4.79 Å². The molecule has 1 unspecified atom stereocenters. The number of rotatable bonds is 7. The second kappa shape index (κ2) is 10.3. The summed E-state index contributed by atoms with van der Waals surface area (Å²) in [4.78, 5) is 14.9. The summed E-state index contributed by atoms with van der Waals surface area (Å²) in [5.74, 6) is 1.25. The molecule has 0 bridgehead atoms. The number of benzene rings is 1. The van der Waals surface area contributed by atoms with E-state index in [4.69, 9.17) is 4.74 Å². The third-order valence-electron chi connectivity index (χ3n) is 5.42. The smallest absolute Gasteiger partial charge is 0.408 e. The lowest BCUT2D eigenvalue weighted by Crippen LogP contribution is -2.49. The van der Waals surface area contributed by atoms with Gasteiger partial charge in [0.1, 0.15) is 5.60 Å². The molecule has 0 spiro atoms. The topological polar surface area (TPSA) is 53.6 Å².